The third kappa shape index (κ3) is 4.11. The van der Waals surface area contributed by atoms with Crippen molar-refractivity contribution in [1.82, 2.24) is 10.2 Å². The summed E-state index contributed by atoms with van der Waals surface area (Å²) in [7, 11) is 0. The smallest absolute Gasteiger partial charge is 0.231 e. The summed E-state index contributed by atoms with van der Waals surface area (Å²) in [6, 6.07) is 12.7. The van der Waals surface area contributed by atoms with E-state index in [2.05, 4.69) is 28.4 Å². The number of hydrogen-bond acceptors (Lipinski definition) is 4. The van der Waals surface area contributed by atoms with Crippen LogP contribution < -0.4 is 24.4 Å². The Morgan fingerprint density at radius 1 is 0.966 bits per heavy atom. The van der Waals surface area contributed by atoms with Crippen LogP contribution in [0.5, 0.6) is 17.2 Å². The predicted molar refractivity (Wildman–Crippen MR) is 114 cm³/mol. The predicted octanol–water partition coefficient (Wildman–Crippen LogP) is 1.13. The summed E-state index contributed by atoms with van der Waals surface area (Å²) >= 11 is 5.63. The van der Waals surface area contributed by atoms with E-state index in [9.17, 15) is 0 Å². The van der Waals surface area contributed by atoms with Gasteiger partial charge in [-0.25, -0.2) is 0 Å². The first-order valence-corrected chi connectivity index (χ1v) is 10.6. The van der Waals surface area contributed by atoms with Crippen molar-refractivity contribution in [1.29, 1.82) is 0 Å². The highest BCUT2D eigenvalue weighted by Gasteiger charge is 2.23. The minimum Gasteiger partial charge on any atom is -0.493 e. The largest absolute Gasteiger partial charge is 0.493 e. The van der Waals surface area contributed by atoms with Crippen LogP contribution in [0.1, 0.15) is 16.7 Å². The van der Waals surface area contributed by atoms with Crippen molar-refractivity contribution in [3.63, 3.8) is 0 Å². The first kappa shape index (κ1) is 18.5. The molecule has 0 unspecified atom stereocenters. The lowest BCUT2D eigenvalue weighted by Gasteiger charge is -2.34. The van der Waals surface area contributed by atoms with Gasteiger partial charge in [0.15, 0.2) is 16.6 Å². The molecular formula is C22H26N3O3S+. The van der Waals surface area contributed by atoms with E-state index in [1.165, 1.54) is 11.1 Å². The first-order chi connectivity index (χ1) is 14.2. The summed E-state index contributed by atoms with van der Waals surface area (Å²) < 4.78 is 16.4. The van der Waals surface area contributed by atoms with Gasteiger partial charge >= 0.3 is 0 Å². The number of piperazine rings is 1. The van der Waals surface area contributed by atoms with Crippen molar-refractivity contribution in [2.75, 3.05) is 39.6 Å². The molecule has 5 rings (SSSR count). The SMILES string of the molecule is S=C(NCc1ccc2c(c1)OCO2)N1CC[NH+](Cc2ccc3c(c2)CCO3)CC1. The summed E-state index contributed by atoms with van der Waals surface area (Å²) in [6.07, 6.45) is 1.04. The maximum absolute atomic E-state index is 5.63. The Bertz CT molecular complexity index is 912. The molecule has 1 fully saturated rings. The molecule has 152 valence electrons. The summed E-state index contributed by atoms with van der Waals surface area (Å²) in [5.41, 5.74) is 3.90. The van der Waals surface area contributed by atoms with Crippen LogP contribution in [0.2, 0.25) is 0 Å². The average Bonchev–Trinajstić information content (AvgIpc) is 3.41. The molecule has 3 aliphatic rings. The average molecular weight is 413 g/mol. The number of rotatable bonds is 4. The molecule has 6 nitrogen and oxygen atoms in total. The maximum Gasteiger partial charge on any atom is 0.231 e. The van der Waals surface area contributed by atoms with Gasteiger partial charge in [-0.3, -0.25) is 0 Å². The van der Waals surface area contributed by atoms with Crippen molar-refractivity contribution in [2.24, 2.45) is 0 Å². The van der Waals surface area contributed by atoms with Crippen LogP contribution in [0.25, 0.3) is 0 Å². The van der Waals surface area contributed by atoms with Gasteiger partial charge in [-0.1, -0.05) is 6.07 Å². The van der Waals surface area contributed by atoms with E-state index in [4.69, 9.17) is 26.4 Å². The second-order valence-corrected chi connectivity index (χ2v) is 8.19. The third-order valence-corrected chi connectivity index (χ3v) is 6.25. The number of quaternary nitrogens is 1. The number of hydrogen-bond donors (Lipinski definition) is 2. The zero-order valence-corrected chi connectivity index (χ0v) is 17.2. The van der Waals surface area contributed by atoms with E-state index in [-0.39, 0.29) is 0 Å². The summed E-state index contributed by atoms with van der Waals surface area (Å²) in [4.78, 5) is 3.89. The van der Waals surface area contributed by atoms with E-state index in [1.54, 1.807) is 4.90 Å². The molecule has 0 aliphatic carbocycles. The molecule has 7 heteroatoms. The number of benzene rings is 2. The first-order valence-electron chi connectivity index (χ1n) is 10.2. The maximum atomic E-state index is 5.63. The number of nitrogens with one attached hydrogen (secondary N) is 2. The van der Waals surface area contributed by atoms with Crippen LogP contribution in [0.4, 0.5) is 0 Å². The highest BCUT2D eigenvalue weighted by molar-refractivity contribution is 7.80. The van der Waals surface area contributed by atoms with Gasteiger partial charge in [-0.2, -0.15) is 0 Å². The van der Waals surface area contributed by atoms with Gasteiger partial charge in [0.25, 0.3) is 0 Å². The van der Waals surface area contributed by atoms with Gasteiger partial charge < -0.3 is 29.3 Å². The Labute approximate surface area is 176 Å². The molecule has 29 heavy (non-hydrogen) atoms. The molecule has 0 spiro atoms. The van der Waals surface area contributed by atoms with Crippen molar-refractivity contribution in [2.45, 2.75) is 19.5 Å². The van der Waals surface area contributed by atoms with Crippen LogP contribution in [0, 0.1) is 0 Å². The fourth-order valence-electron chi connectivity index (χ4n) is 4.18. The van der Waals surface area contributed by atoms with E-state index >= 15 is 0 Å². The second kappa shape index (κ2) is 8.08. The fourth-order valence-corrected chi connectivity index (χ4v) is 4.44. The molecule has 2 aromatic carbocycles. The molecule has 0 atom stereocenters. The molecule has 0 radical (unpaired) electrons. The monoisotopic (exact) mass is 412 g/mol. The lowest BCUT2D eigenvalue weighted by molar-refractivity contribution is -0.917. The van der Waals surface area contributed by atoms with Crippen molar-refractivity contribution in [3.8, 4) is 17.2 Å². The quantitative estimate of drug-likeness (QED) is 0.735. The summed E-state index contributed by atoms with van der Waals surface area (Å²) in [5.74, 6) is 2.68. The topological polar surface area (TPSA) is 47.4 Å². The Morgan fingerprint density at radius 2 is 1.76 bits per heavy atom. The fraction of sp³-hybridized carbons (Fsp3) is 0.409. The van der Waals surface area contributed by atoms with Crippen molar-refractivity contribution >= 4 is 17.3 Å². The molecule has 2 aromatic rings. The highest BCUT2D eigenvalue weighted by Crippen LogP contribution is 2.32. The lowest BCUT2D eigenvalue weighted by Crippen LogP contribution is -3.13. The second-order valence-electron chi connectivity index (χ2n) is 7.80. The summed E-state index contributed by atoms with van der Waals surface area (Å²) in [6.45, 7) is 7.04. The van der Waals surface area contributed by atoms with Gasteiger partial charge in [0.2, 0.25) is 6.79 Å². The van der Waals surface area contributed by atoms with Gasteiger partial charge in [0, 0.05) is 18.5 Å². The van der Waals surface area contributed by atoms with Crippen molar-refractivity contribution < 1.29 is 19.1 Å². The number of nitrogens with zero attached hydrogens (tertiary/aromatic N) is 1. The number of thiocarbonyl (C=S) groups is 1. The molecule has 0 aromatic heterocycles. The molecule has 0 saturated carbocycles. The molecule has 3 heterocycles. The van der Waals surface area contributed by atoms with Crippen LogP contribution >= 0.6 is 12.2 Å². The Morgan fingerprint density at radius 3 is 2.66 bits per heavy atom. The zero-order chi connectivity index (χ0) is 19.6. The van der Waals surface area contributed by atoms with Gasteiger partial charge in [-0.15, -0.1) is 0 Å². The van der Waals surface area contributed by atoms with E-state index < -0.39 is 0 Å². The number of fused-ring (bicyclic) bond motifs is 2. The molecule has 3 aliphatic heterocycles. The highest BCUT2D eigenvalue weighted by atomic mass is 32.1. The van der Waals surface area contributed by atoms with Crippen LogP contribution in [0.15, 0.2) is 36.4 Å². The van der Waals surface area contributed by atoms with E-state index in [0.717, 1.165) is 73.7 Å². The molecule has 1 saturated heterocycles. The minimum atomic E-state index is 0.302. The Kier molecular flexibility index (Phi) is 5.16. The minimum absolute atomic E-state index is 0.302. The molecule has 2 N–H and O–H groups in total. The van der Waals surface area contributed by atoms with Crippen LogP contribution in [-0.2, 0) is 19.5 Å². The normalized spacial score (nSPS) is 17.7. The van der Waals surface area contributed by atoms with Crippen molar-refractivity contribution in [3.05, 3.63) is 53.1 Å². The Hall–Kier alpha value is -2.51. The molecule has 0 amide bonds. The van der Waals surface area contributed by atoms with E-state index in [1.807, 2.05) is 18.2 Å². The van der Waals surface area contributed by atoms with Crippen LogP contribution in [0.3, 0.4) is 0 Å². The van der Waals surface area contributed by atoms with E-state index in [0.29, 0.717) is 13.3 Å². The Balaban J connectivity index is 1.09. The number of ether oxygens (including phenoxy) is 3. The third-order valence-electron chi connectivity index (χ3n) is 5.85. The van der Waals surface area contributed by atoms with Gasteiger partial charge in [0.1, 0.15) is 12.3 Å². The molecule has 0 bridgehead atoms. The van der Waals surface area contributed by atoms with Gasteiger partial charge in [0.05, 0.1) is 32.8 Å². The van der Waals surface area contributed by atoms with Crippen LogP contribution in [-0.4, -0.2) is 49.6 Å². The standard InChI is InChI=1S/C22H25N3O3S/c29-22(23-13-16-1-4-20-21(12-16)28-15-27-20)25-8-6-24(7-9-25)14-17-2-3-19-18(11-17)5-10-26-19/h1-4,11-12H,5-10,13-15H2,(H,23,29)/p+1. The molecular weight excluding hydrogens is 386 g/mol. The van der Waals surface area contributed by atoms with Gasteiger partial charge in [-0.05, 0) is 53.7 Å². The zero-order valence-electron chi connectivity index (χ0n) is 16.4. The summed E-state index contributed by atoms with van der Waals surface area (Å²) in [5, 5.41) is 4.22. The lowest BCUT2D eigenvalue weighted by atomic mass is 10.1.